The molecule has 9 nitrogen and oxygen atoms in total. The van der Waals surface area contributed by atoms with Crippen LogP contribution in [0.5, 0.6) is 0 Å². The molecule has 1 aliphatic rings. The second-order valence-electron chi connectivity index (χ2n) is 7.72. The molecule has 10 heteroatoms. The van der Waals surface area contributed by atoms with Crippen molar-refractivity contribution in [2.45, 2.75) is 5.92 Å². The van der Waals surface area contributed by atoms with Crippen molar-refractivity contribution in [2.75, 3.05) is 30.0 Å². The Kier molecular flexibility index (Phi) is 7.17. The summed E-state index contributed by atoms with van der Waals surface area (Å²) in [6.07, 6.45) is 0.929. The summed E-state index contributed by atoms with van der Waals surface area (Å²) in [5.41, 5.74) is 4.58. The number of amides is 2. The number of carboxylic acid groups (broad SMARTS) is 1. The third kappa shape index (κ3) is 5.23. The Bertz CT molecular complexity index is 1180. The lowest BCUT2D eigenvalue weighted by molar-refractivity contribution is -0.113. The number of hydrogen-bond acceptors (Lipinski definition) is 6. The van der Waals surface area contributed by atoms with Crippen LogP contribution in [0.2, 0.25) is 0 Å². The second-order valence-corrected chi connectivity index (χ2v) is 8.83. The third-order valence-electron chi connectivity index (χ3n) is 5.40. The van der Waals surface area contributed by atoms with E-state index >= 15 is 0 Å². The maximum atomic E-state index is 12.2. The van der Waals surface area contributed by atoms with Crippen LogP contribution < -0.4 is 10.6 Å². The molecule has 0 unspecified atom stereocenters. The molecule has 176 valence electrons. The maximum absolute atomic E-state index is 12.2. The smallest absolute Gasteiger partial charge is 0.407 e. The highest BCUT2D eigenvalue weighted by Crippen LogP contribution is 2.44. The summed E-state index contributed by atoms with van der Waals surface area (Å²) in [6, 6.07) is 16.3. The average Bonchev–Trinajstić information content (AvgIpc) is 3.35. The molecule has 0 aliphatic heterocycles. The summed E-state index contributed by atoms with van der Waals surface area (Å²) in [5.74, 6) is -0.951. The van der Waals surface area contributed by atoms with Crippen LogP contribution in [0.4, 0.5) is 10.5 Å². The number of fused-ring (bicyclic) bond motifs is 3. The predicted octanol–water partition coefficient (Wildman–Crippen LogP) is 3.33. The van der Waals surface area contributed by atoms with E-state index in [4.69, 9.17) is 9.84 Å². The molecule has 0 fully saturated rings. The molecular weight excluding hydrogens is 456 g/mol. The van der Waals surface area contributed by atoms with E-state index in [1.165, 1.54) is 33.8 Å². The van der Waals surface area contributed by atoms with Gasteiger partial charge in [-0.25, -0.2) is 9.59 Å². The molecule has 0 radical (unpaired) electrons. The van der Waals surface area contributed by atoms with Crippen LogP contribution in [0, 0.1) is 0 Å². The molecule has 3 N–H and O–H groups in total. The number of aromatic carboxylic acids is 1. The molecule has 1 aromatic heterocycles. The van der Waals surface area contributed by atoms with E-state index < -0.39 is 12.1 Å². The van der Waals surface area contributed by atoms with E-state index in [0.717, 1.165) is 11.1 Å². The molecular formula is C24H24N4O5S. The predicted molar refractivity (Wildman–Crippen MR) is 129 cm³/mol. The SMILES string of the molecule is Cn1cc(NC(=O)CSCCNC(=O)OCC2c3ccccc3-c3ccccc32)c(C(=O)O)n1. The van der Waals surface area contributed by atoms with E-state index in [9.17, 15) is 14.4 Å². The molecule has 1 heterocycles. The number of rotatable bonds is 9. The Hall–Kier alpha value is -3.79. The topological polar surface area (TPSA) is 123 Å². The van der Waals surface area contributed by atoms with Crippen molar-refractivity contribution in [3.8, 4) is 11.1 Å². The van der Waals surface area contributed by atoms with Gasteiger partial charge in [-0.15, -0.1) is 0 Å². The fraction of sp³-hybridized carbons (Fsp3) is 0.250. The van der Waals surface area contributed by atoms with Crippen LogP contribution in [-0.4, -0.2) is 57.5 Å². The number of thioether (sulfide) groups is 1. The van der Waals surface area contributed by atoms with Crippen molar-refractivity contribution >= 4 is 35.4 Å². The zero-order chi connectivity index (χ0) is 24.1. The lowest BCUT2D eigenvalue weighted by Crippen LogP contribution is -2.28. The third-order valence-corrected chi connectivity index (χ3v) is 6.36. The normalized spacial score (nSPS) is 12.0. The summed E-state index contributed by atoms with van der Waals surface area (Å²) < 4.78 is 6.80. The van der Waals surface area contributed by atoms with Crippen LogP contribution in [0.25, 0.3) is 11.1 Å². The van der Waals surface area contributed by atoms with Gasteiger partial charge < -0.3 is 20.5 Å². The molecule has 0 bridgehead atoms. The molecule has 34 heavy (non-hydrogen) atoms. The molecule has 0 atom stereocenters. The van der Waals surface area contributed by atoms with Crippen molar-refractivity contribution in [1.82, 2.24) is 15.1 Å². The van der Waals surface area contributed by atoms with Crippen molar-refractivity contribution in [2.24, 2.45) is 7.05 Å². The first-order chi connectivity index (χ1) is 16.4. The number of aryl methyl sites for hydroxylation is 1. The number of aromatic nitrogens is 2. The van der Waals surface area contributed by atoms with Crippen LogP contribution >= 0.6 is 11.8 Å². The number of anilines is 1. The Balaban J connectivity index is 1.18. The minimum Gasteiger partial charge on any atom is -0.476 e. The maximum Gasteiger partial charge on any atom is 0.407 e. The Morgan fingerprint density at radius 3 is 2.38 bits per heavy atom. The molecule has 0 saturated carbocycles. The largest absolute Gasteiger partial charge is 0.476 e. The van der Waals surface area contributed by atoms with Gasteiger partial charge in [-0.05, 0) is 22.3 Å². The number of carboxylic acids is 1. The Morgan fingerprint density at radius 2 is 1.74 bits per heavy atom. The zero-order valence-electron chi connectivity index (χ0n) is 18.5. The highest BCUT2D eigenvalue weighted by Gasteiger charge is 2.28. The lowest BCUT2D eigenvalue weighted by atomic mass is 9.98. The van der Waals surface area contributed by atoms with Gasteiger partial charge >= 0.3 is 12.1 Å². The molecule has 4 rings (SSSR count). The van der Waals surface area contributed by atoms with Gasteiger partial charge in [-0.1, -0.05) is 48.5 Å². The highest BCUT2D eigenvalue weighted by molar-refractivity contribution is 7.99. The van der Waals surface area contributed by atoms with Crippen LogP contribution in [0.3, 0.4) is 0 Å². The van der Waals surface area contributed by atoms with Crippen molar-refractivity contribution in [3.05, 3.63) is 71.5 Å². The minimum atomic E-state index is -1.21. The average molecular weight is 481 g/mol. The number of alkyl carbamates (subject to hydrolysis) is 1. The van der Waals surface area contributed by atoms with Gasteiger partial charge in [0.05, 0.1) is 11.4 Å². The summed E-state index contributed by atoms with van der Waals surface area (Å²) in [4.78, 5) is 35.4. The van der Waals surface area contributed by atoms with Crippen LogP contribution in [-0.2, 0) is 16.6 Å². The van der Waals surface area contributed by atoms with Gasteiger partial charge in [-0.2, -0.15) is 16.9 Å². The molecule has 1 aliphatic carbocycles. The number of carbonyl (C=O) groups is 3. The van der Waals surface area contributed by atoms with Gasteiger partial charge in [0.25, 0.3) is 0 Å². The number of nitrogens with zero attached hydrogens (tertiary/aromatic N) is 2. The first kappa shape index (κ1) is 23.4. The number of ether oxygens (including phenoxy) is 1. The van der Waals surface area contributed by atoms with Gasteiger partial charge in [0.15, 0.2) is 5.69 Å². The standard InChI is InChI=1S/C24H24N4O5S/c1-28-12-20(22(27-28)23(30)31)26-21(29)14-34-11-10-25-24(32)33-13-19-17-8-4-2-6-15(17)16-7-3-5-9-18(16)19/h2-9,12,19H,10-11,13-14H2,1H3,(H,25,32)(H,26,29)(H,30,31). The fourth-order valence-electron chi connectivity index (χ4n) is 3.96. The van der Waals surface area contributed by atoms with Crippen LogP contribution in [0.1, 0.15) is 27.5 Å². The van der Waals surface area contributed by atoms with Crippen molar-refractivity contribution in [3.63, 3.8) is 0 Å². The Morgan fingerprint density at radius 1 is 1.09 bits per heavy atom. The van der Waals surface area contributed by atoms with E-state index in [0.29, 0.717) is 12.3 Å². The zero-order valence-corrected chi connectivity index (χ0v) is 19.3. The lowest BCUT2D eigenvalue weighted by Gasteiger charge is -2.14. The second kappa shape index (κ2) is 10.4. The van der Waals surface area contributed by atoms with E-state index in [1.807, 2.05) is 24.3 Å². The van der Waals surface area contributed by atoms with Gasteiger partial charge in [0.1, 0.15) is 6.61 Å². The minimum absolute atomic E-state index is 0.000564. The first-order valence-electron chi connectivity index (χ1n) is 10.7. The monoisotopic (exact) mass is 480 g/mol. The fourth-order valence-corrected chi connectivity index (χ4v) is 4.61. The molecule has 2 amide bonds. The number of nitrogens with one attached hydrogen (secondary N) is 2. The van der Waals surface area contributed by atoms with Gasteiger partial charge in [-0.3, -0.25) is 9.48 Å². The first-order valence-corrected chi connectivity index (χ1v) is 11.8. The molecule has 2 aromatic carbocycles. The summed E-state index contributed by atoms with van der Waals surface area (Å²) in [5, 5.41) is 18.2. The van der Waals surface area contributed by atoms with Crippen molar-refractivity contribution < 1.29 is 24.2 Å². The summed E-state index contributed by atoms with van der Waals surface area (Å²) in [6.45, 7) is 0.578. The highest BCUT2D eigenvalue weighted by atomic mass is 32.2. The van der Waals surface area contributed by atoms with Crippen molar-refractivity contribution in [1.29, 1.82) is 0 Å². The van der Waals surface area contributed by atoms with Gasteiger partial charge in [0.2, 0.25) is 5.91 Å². The van der Waals surface area contributed by atoms with Crippen LogP contribution in [0.15, 0.2) is 54.7 Å². The Labute approximate surface area is 200 Å². The van der Waals surface area contributed by atoms with E-state index in [2.05, 4.69) is 40.0 Å². The van der Waals surface area contributed by atoms with E-state index in [1.54, 1.807) is 7.05 Å². The summed E-state index contributed by atoms with van der Waals surface area (Å²) in [7, 11) is 1.58. The molecule has 0 spiro atoms. The quantitative estimate of drug-likeness (QED) is 0.402. The molecule has 0 saturated heterocycles. The number of benzene rings is 2. The number of carbonyl (C=O) groups excluding carboxylic acids is 2. The molecule has 3 aromatic rings. The summed E-state index contributed by atoms with van der Waals surface area (Å²) >= 11 is 1.31. The van der Waals surface area contributed by atoms with E-state index in [-0.39, 0.29) is 35.6 Å². The number of hydrogen-bond donors (Lipinski definition) is 3. The van der Waals surface area contributed by atoms with Gasteiger partial charge in [0, 0.05) is 31.5 Å².